The second kappa shape index (κ2) is 4.42. The van der Waals surface area contributed by atoms with E-state index >= 15 is 0 Å². The van der Waals surface area contributed by atoms with Crippen molar-refractivity contribution in [2.45, 2.75) is 20.8 Å². The van der Waals surface area contributed by atoms with Gasteiger partial charge < -0.3 is 13.4 Å². The van der Waals surface area contributed by atoms with Crippen LogP contribution in [0.1, 0.15) is 17.1 Å². The quantitative estimate of drug-likeness (QED) is 0.658. The topological polar surface area (TPSA) is 53.5 Å². The highest BCUT2D eigenvalue weighted by atomic mass is 15.2. The molecule has 0 unspecified atom stereocenters. The van der Waals surface area contributed by atoms with Gasteiger partial charge >= 0.3 is 0 Å². The third-order valence-corrected chi connectivity index (χ3v) is 2.99. The van der Waals surface area contributed by atoms with Gasteiger partial charge in [0.15, 0.2) is 0 Å². The molecular weight excluding hydrogens is 239 g/mol. The van der Waals surface area contributed by atoms with Crippen LogP contribution in [-0.4, -0.2) is 35.5 Å². The Morgan fingerprint density at radius 3 is 1.21 bits per heavy atom. The Labute approximate surface area is 111 Å². The highest BCUT2D eigenvalue weighted by Crippen LogP contribution is 2.05. The Hall–Kier alpha value is -2.31. The lowest BCUT2D eigenvalue weighted by molar-refractivity contribution is 0.945. The van der Waals surface area contributed by atoms with Crippen molar-refractivity contribution in [3.63, 3.8) is 0 Å². The lowest BCUT2D eigenvalue weighted by Crippen LogP contribution is -2.39. The van der Waals surface area contributed by atoms with Crippen LogP contribution in [0, 0.1) is 20.8 Å². The van der Waals surface area contributed by atoms with Gasteiger partial charge in [-0.1, -0.05) is 0 Å². The Bertz CT molecular complexity index is 599. The molecule has 0 saturated carbocycles. The van der Waals surface area contributed by atoms with E-state index in [1.807, 2.05) is 71.8 Å². The van der Waals surface area contributed by atoms with Crippen molar-refractivity contribution in [2.75, 3.05) is 0 Å². The molecule has 3 aromatic rings. The first-order chi connectivity index (χ1) is 9.13. The van der Waals surface area contributed by atoms with Crippen LogP contribution in [-0.2, 0) is 0 Å². The third-order valence-electron chi connectivity index (χ3n) is 2.99. The predicted molar refractivity (Wildman–Crippen MR) is 72.8 cm³/mol. The van der Waals surface area contributed by atoms with Crippen molar-refractivity contribution in [2.24, 2.45) is 0 Å². The monoisotopic (exact) mass is 254 g/mol. The molecule has 3 heterocycles. The zero-order chi connectivity index (χ0) is 13.4. The smallest absolute Gasteiger partial charge is 0.205 e. The Balaban J connectivity index is 2.10. The fourth-order valence-electron chi connectivity index (χ4n) is 2.16. The summed E-state index contributed by atoms with van der Waals surface area (Å²) in [6.45, 7) is 5.93. The fraction of sp³-hybridized carbons (Fsp3) is 0.250. The van der Waals surface area contributed by atoms with E-state index in [0.717, 1.165) is 17.1 Å². The number of imidazole rings is 3. The minimum atomic E-state index is -0.0661. The van der Waals surface area contributed by atoms with Crippen molar-refractivity contribution in [3.8, 4) is 0 Å². The first-order valence-electron chi connectivity index (χ1n) is 6.14. The van der Waals surface area contributed by atoms with E-state index in [1.165, 1.54) is 0 Å². The first kappa shape index (κ1) is 11.8. The van der Waals surface area contributed by atoms with Crippen molar-refractivity contribution in [1.82, 2.24) is 28.4 Å². The number of hydrogen-bond acceptors (Lipinski definition) is 3. The van der Waals surface area contributed by atoms with E-state index < -0.39 is 0 Å². The second-order valence-electron chi connectivity index (χ2n) is 4.73. The van der Waals surface area contributed by atoms with Gasteiger partial charge in [-0.05, 0) is 39.4 Å². The molecule has 0 aromatic carbocycles. The maximum atomic E-state index is 4.30. The summed E-state index contributed by atoms with van der Waals surface area (Å²) in [6, 6.07) is 0. The van der Waals surface area contributed by atoms with Crippen LogP contribution in [0.25, 0.3) is 0 Å². The Morgan fingerprint density at radius 2 is 1.00 bits per heavy atom. The summed E-state index contributed by atoms with van der Waals surface area (Å²) in [6.07, 6.45) is 11.5. The summed E-state index contributed by atoms with van der Waals surface area (Å²) in [4.78, 5) is 12.9. The number of aromatic nitrogens is 6. The minimum Gasteiger partial charge on any atom is -0.497 e. The summed E-state index contributed by atoms with van der Waals surface area (Å²) in [5.41, 5.74) is 2.95. The highest BCUT2D eigenvalue weighted by Gasteiger charge is 2.08. The molecule has 3 rings (SSSR count). The van der Waals surface area contributed by atoms with Crippen LogP contribution in [0.2, 0.25) is 0 Å². The summed E-state index contributed by atoms with van der Waals surface area (Å²) in [7, 11) is -0.0661. The number of rotatable bonds is 3. The molecule has 1 radical (unpaired) electrons. The first-order valence-corrected chi connectivity index (χ1v) is 6.14. The molecule has 0 saturated heterocycles. The van der Waals surface area contributed by atoms with E-state index in [1.54, 1.807) is 0 Å². The molecule has 0 aliphatic rings. The van der Waals surface area contributed by atoms with Crippen LogP contribution in [0.4, 0.5) is 0 Å². The molecule has 19 heavy (non-hydrogen) atoms. The second-order valence-corrected chi connectivity index (χ2v) is 4.73. The van der Waals surface area contributed by atoms with Gasteiger partial charge in [0, 0.05) is 0 Å². The molecule has 0 aliphatic heterocycles. The lowest BCUT2D eigenvalue weighted by Gasteiger charge is -2.32. The molecule has 3 aromatic heterocycles. The van der Waals surface area contributed by atoms with Crippen molar-refractivity contribution in [1.29, 1.82) is 0 Å². The molecule has 0 amide bonds. The molecule has 0 N–H and O–H groups in total. The SMILES string of the molecule is Cc1cn([B-](n2cnc(C)c2)n2cnc(C)c2)cn1. The van der Waals surface area contributed by atoms with Gasteiger partial charge in [-0.25, -0.2) is 15.0 Å². The summed E-state index contributed by atoms with van der Waals surface area (Å²) in [5.74, 6) is 0. The van der Waals surface area contributed by atoms with Crippen molar-refractivity contribution >= 4 is 7.12 Å². The van der Waals surface area contributed by atoms with Gasteiger partial charge in [0.1, 0.15) is 0 Å². The van der Waals surface area contributed by atoms with Crippen LogP contribution in [0.15, 0.2) is 37.6 Å². The molecule has 7 heteroatoms. The van der Waals surface area contributed by atoms with Gasteiger partial charge in [-0.15, -0.1) is 0 Å². The fourth-order valence-corrected chi connectivity index (χ4v) is 2.16. The summed E-state index contributed by atoms with van der Waals surface area (Å²) >= 11 is 0. The maximum Gasteiger partial charge on any atom is 0.205 e. The van der Waals surface area contributed by atoms with E-state index in [4.69, 9.17) is 0 Å². The van der Waals surface area contributed by atoms with E-state index in [9.17, 15) is 0 Å². The Morgan fingerprint density at radius 1 is 0.684 bits per heavy atom. The van der Waals surface area contributed by atoms with Gasteiger partial charge in [-0.2, -0.15) is 0 Å². The minimum absolute atomic E-state index is 0.0661. The normalized spacial score (nSPS) is 11.4. The van der Waals surface area contributed by atoms with Gasteiger partial charge in [0.2, 0.25) is 7.12 Å². The standard InChI is InChI=1S/C12H15BN6/c1-10-4-17(7-14-10)13(18-5-11(2)15-8-18)19-6-12(3)16-9-19/h4-9H,1-3H3/q-1. The third kappa shape index (κ3) is 2.19. The van der Waals surface area contributed by atoms with Crippen molar-refractivity contribution < 1.29 is 0 Å². The average Bonchev–Trinajstić information content (AvgIpc) is 3.05. The zero-order valence-electron chi connectivity index (χ0n) is 11.2. The molecule has 0 aliphatic carbocycles. The van der Waals surface area contributed by atoms with Crippen LogP contribution in [0.3, 0.4) is 0 Å². The van der Waals surface area contributed by atoms with E-state index in [2.05, 4.69) is 15.0 Å². The van der Waals surface area contributed by atoms with Gasteiger partial charge in [0.05, 0.1) is 36.1 Å². The maximum absolute atomic E-state index is 4.30. The number of hydrogen-bond donors (Lipinski definition) is 0. The van der Waals surface area contributed by atoms with E-state index in [0.29, 0.717) is 0 Å². The molecule has 6 nitrogen and oxygen atoms in total. The average molecular weight is 254 g/mol. The molecule has 0 bridgehead atoms. The van der Waals surface area contributed by atoms with Gasteiger partial charge in [0.25, 0.3) is 0 Å². The molecule has 97 valence electrons. The molecular formula is C12H15BN6-. The summed E-state index contributed by atoms with van der Waals surface area (Å²) in [5, 5.41) is 0. The molecule has 0 fully saturated rings. The van der Waals surface area contributed by atoms with E-state index in [-0.39, 0.29) is 7.12 Å². The highest BCUT2D eigenvalue weighted by molar-refractivity contribution is 6.53. The molecule has 0 atom stereocenters. The predicted octanol–water partition coefficient (Wildman–Crippen LogP) is 1.13. The van der Waals surface area contributed by atoms with Crippen molar-refractivity contribution in [3.05, 3.63) is 54.7 Å². The van der Waals surface area contributed by atoms with Gasteiger partial charge in [-0.3, -0.25) is 0 Å². The van der Waals surface area contributed by atoms with Crippen LogP contribution in [0.5, 0.6) is 0 Å². The molecule has 0 spiro atoms. The Kier molecular flexibility index (Phi) is 2.74. The van der Waals surface area contributed by atoms with Crippen LogP contribution >= 0.6 is 0 Å². The summed E-state index contributed by atoms with van der Waals surface area (Å²) < 4.78 is 6.12. The number of nitrogens with zero attached hydrogens (tertiary/aromatic N) is 6. The lowest BCUT2D eigenvalue weighted by atomic mass is 9.92. The number of aryl methyl sites for hydroxylation is 3. The van der Waals surface area contributed by atoms with Crippen LogP contribution < -0.4 is 0 Å². The zero-order valence-corrected chi connectivity index (χ0v) is 11.2. The largest absolute Gasteiger partial charge is 0.497 e.